The fraction of sp³-hybridized carbons (Fsp3) is 0.318. The van der Waals surface area contributed by atoms with Crippen molar-refractivity contribution in [3.05, 3.63) is 64.9 Å². The summed E-state index contributed by atoms with van der Waals surface area (Å²) < 4.78 is 0. The number of nitrogens with one attached hydrogen (secondary N) is 2. The van der Waals surface area contributed by atoms with Gasteiger partial charge in [0, 0.05) is 44.5 Å². The van der Waals surface area contributed by atoms with E-state index in [1.807, 2.05) is 36.5 Å². The summed E-state index contributed by atoms with van der Waals surface area (Å²) in [7, 11) is 0. The van der Waals surface area contributed by atoms with Crippen LogP contribution >= 0.6 is 11.6 Å². The molecule has 1 saturated heterocycles. The number of piperazine rings is 1. The van der Waals surface area contributed by atoms with Crippen LogP contribution in [0.2, 0.25) is 5.02 Å². The molecule has 30 heavy (non-hydrogen) atoms. The van der Waals surface area contributed by atoms with Gasteiger partial charge in [-0.05, 0) is 30.3 Å². The average Bonchev–Trinajstić information content (AvgIpc) is 3.28. The standard InChI is InChI=1S/C22H25ClN6O/c1-2-28-9-11-29(12-10-28)21-8-7-16(14-24-21)15-25-22(30)20-13-19(26-27-20)17-5-3-4-6-18(17)23/h3-8,13-14H,2,9-12,15H2,1H3,(H,25,30)(H,26,27). The summed E-state index contributed by atoms with van der Waals surface area (Å²) in [6.45, 7) is 7.80. The number of likely N-dealkylation sites (N-methyl/N-ethyl adjacent to an activating group) is 1. The molecule has 0 radical (unpaired) electrons. The van der Waals surface area contributed by atoms with Crippen molar-refractivity contribution in [3.63, 3.8) is 0 Å². The normalized spacial score (nSPS) is 14.7. The summed E-state index contributed by atoms with van der Waals surface area (Å²) >= 11 is 6.20. The number of carbonyl (C=O) groups is 1. The minimum absolute atomic E-state index is 0.222. The molecule has 0 saturated carbocycles. The monoisotopic (exact) mass is 424 g/mol. The van der Waals surface area contributed by atoms with Gasteiger partial charge in [0.25, 0.3) is 5.91 Å². The molecule has 2 aromatic heterocycles. The van der Waals surface area contributed by atoms with Crippen molar-refractivity contribution < 1.29 is 4.79 Å². The third-order valence-electron chi connectivity index (χ3n) is 5.38. The van der Waals surface area contributed by atoms with Gasteiger partial charge in [-0.1, -0.05) is 42.8 Å². The molecule has 4 rings (SSSR count). The van der Waals surface area contributed by atoms with E-state index in [0.717, 1.165) is 49.7 Å². The van der Waals surface area contributed by atoms with Gasteiger partial charge >= 0.3 is 0 Å². The predicted molar refractivity (Wildman–Crippen MR) is 119 cm³/mol. The molecule has 2 N–H and O–H groups in total. The second-order valence-electron chi connectivity index (χ2n) is 7.28. The summed E-state index contributed by atoms with van der Waals surface area (Å²) in [5.74, 6) is 0.763. The lowest BCUT2D eigenvalue weighted by atomic mass is 10.1. The van der Waals surface area contributed by atoms with Crippen molar-refractivity contribution in [2.75, 3.05) is 37.6 Å². The van der Waals surface area contributed by atoms with E-state index in [9.17, 15) is 4.79 Å². The first-order valence-electron chi connectivity index (χ1n) is 10.1. The number of halogens is 1. The highest BCUT2D eigenvalue weighted by atomic mass is 35.5. The van der Waals surface area contributed by atoms with Gasteiger partial charge in [-0.15, -0.1) is 0 Å². The number of rotatable bonds is 6. The number of H-pyrrole nitrogens is 1. The molecule has 0 aliphatic carbocycles. The third-order valence-corrected chi connectivity index (χ3v) is 5.71. The fourth-order valence-corrected chi connectivity index (χ4v) is 3.76. The number of amides is 1. The molecule has 8 heteroatoms. The minimum Gasteiger partial charge on any atom is -0.354 e. The smallest absolute Gasteiger partial charge is 0.269 e. The van der Waals surface area contributed by atoms with Crippen LogP contribution in [0.15, 0.2) is 48.7 Å². The Morgan fingerprint density at radius 1 is 1.17 bits per heavy atom. The lowest BCUT2D eigenvalue weighted by molar-refractivity contribution is 0.0946. The first-order valence-corrected chi connectivity index (χ1v) is 10.5. The molecular weight excluding hydrogens is 400 g/mol. The second kappa shape index (κ2) is 9.28. The SMILES string of the molecule is CCN1CCN(c2ccc(CNC(=O)c3cc(-c4ccccc4Cl)n[nH]3)cn2)CC1. The maximum absolute atomic E-state index is 12.5. The minimum atomic E-state index is -0.222. The summed E-state index contributed by atoms with van der Waals surface area (Å²) in [5, 5.41) is 10.5. The molecular formula is C22H25ClN6O. The fourth-order valence-electron chi connectivity index (χ4n) is 3.52. The Bertz CT molecular complexity index is 995. The summed E-state index contributed by atoms with van der Waals surface area (Å²) in [5.41, 5.74) is 2.77. The number of hydrogen-bond donors (Lipinski definition) is 2. The number of nitrogens with zero attached hydrogens (tertiary/aromatic N) is 4. The van der Waals surface area contributed by atoms with Gasteiger partial charge in [0.2, 0.25) is 0 Å². The number of carbonyl (C=O) groups excluding carboxylic acids is 1. The van der Waals surface area contributed by atoms with Crippen LogP contribution in [0.5, 0.6) is 0 Å². The van der Waals surface area contributed by atoms with Crippen LogP contribution in [0, 0.1) is 0 Å². The maximum atomic E-state index is 12.5. The van der Waals surface area contributed by atoms with Gasteiger partial charge in [-0.2, -0.15) is 5.10 Å². The lowest BCUT2D eigenvalue weighted by Gasteiger charge is -2.34. The van der Waals surface area contributed by atoms with E-state index < -0.39 is 0 Å². The Kier molecular flexibility index (Phi) is 6.30. The quantitative estimate of drug-likeness (QED) is 0.635. The first-order chi connectivity index (χ1) is 14.6. The zero-order valence-corrected chi connectivity index (χ0v) is 17.7. The Balaban J connectivity index is 1.33. The molecule has 1 aromatic carbocycles. The summed E-state index contributed by atoms with van der Waals surface area (Å²) in [6.07, 6.45) is 1.82. The zero-order valence-electron chi connectivity index (χ0n) is 16.9. The molecule has 3 heterocycles. The maximum Gasteiger partial charge on any atom is 0.269 e. The number of hydrogen-bond acceptors (Lipinski definition) is 5. The topological polar surface area (TPSA) is 77.1 Å². The van der Waals surface area contributed by atoms with Crippen LogP contribution in [-0.4, -0.2) is 58.7 Å². The Labute approximate surface area is 181 Å². The third kappa shape index (κ3) is 4.63. The van der Waals surface area contributed by atoms with Crippen molar-refractivity contribution >= 4 is 23.3 Å². The largest absolute Gasteiger partial charge is 0.354 e. The molecule has 3 aromatic rings. The molecule has 0 bridgehead atoms. The molecule has 0 unspecified atom stereocenters. The summed E-state index contributed by atoms with van der Waals surface area (Å²) in [6, 6.07) is 13.1. The highest BCUT2D eigenvalue weighted by Crippen LogP contribution is 2.26. The van der Waals surface area contributed by atoms with Crippen molar-refractivity contribution in [1.29, 1.82) is 0 Å². The highest BCUT2D eigenvalue weighted by molar-refractivity contribution is 6.33. The van der Waals surface area contributed by atoms with E-state index in [2.05, 4.69) is 37.2 Å². The Morgan fingerprint density at radius 3 is 2.67 bits per heavy atom. The second-order valence-corrected chi connectivity index (χ2v) is 7.68. The van der Waals surface area contributed by atoms with Crippen LogP contribution < -0.4 is 10.2 Å². The van der Waals surface area contributed by atoms with E-state index in [-0.39, 0.29) is 5.91 Å². The number of pyridine rings is 1. The lowest BCUT2D eigenvalue weighted by Crippen LogP contribution is -2.46. The molecule has 1 aliphatic heterocycles. The molecule has 0 spiro atoms. The molecule has 1 aliphatic rings. The molecule has 156 valence electrons. The van der Waals surface area contributed by atoms with Gasteiger partial charge in [0.15, 0.2) is 0 Å². The van der Waals surface area contributed by atoms with E-state index in [4.69, 9.17) is 11.6 Å². The van der Waals surface area contributed by atoms with E-state index >= 15 is 0 Å². The Hall–Kier alpha value is -2.90. The predicted octanol–water partition coefficient (Wildman–Crippen LogP) is 3.20. The number of aromatic amines is 1. The van der Waals surface area contributed by atoms with Crippen molar-refractivity contribution in [3.8, 4) is 11.3 Å². The van der Waals surface area contributed by atoms with Crippen LogP contribution in [0.1, 0.15) is 23.0 Å². The average molecular weight is 425 g/mol. The van der Waals surface area contributed by atoms with Crippen molar-refractivity contribution in [1.82, 2.24) is 25.4 Å². The molecule has 1 amide bonds. The van der Waals surface area contributed by atoms with Crippen LogP contribution in [0.3, 0.4) is 0 Å². The summed E-state index contributed by atoms with van der Waals surface area (Å²) in [4.78, 5) is 21.8. The first kappa shape index (κ1) is 20.4. The van der Waals surface area contributed by atoms with Crippen molar-refractivity contribution in [2.45, 2.75) is 13.5 Å². The van der Waals surface area contributed by atoms with Crippen LogP contribution in [0.4, 0.5) is 5.82 Å². The van der Waals surface area contributed by atoms with E-state index in [1.165, 1.54) is 0 Å². The zero-order chi connectivity index (χ0) is 20.9. The van der Waals surface area contributed by atoms with E-state index in [0.29, 0.717) is 23.0 Å². The number of benzene rings is 1. The Morgan fingerprint density at radius 2 is 1.97 bits per heavy atom. The molecule has 1 fully saturated rings. The van der Waals surface area contributed by atoms with Gasteiger partial charge in [-0.25, -0.2) is 4.98 Å². The van der Waals surface area contributed by atoms with Gasteiger partial charge in [-0.3, -0.25) is 9.89 Å². The van der Waals surface area contributed by atoms with E-state index in [1.54, 1.807) is 12.1 Å². The number of anilines is 1. The van der Waals surface area contributed by atoms with Gasteiger partial charge in [0.05, 0.1) is 10.7 Å². The highest BCUT2D eigenvalue weighted by Gasteiger charge is 2.17. The molecule has 0 atom stereocenters. The number of aromatic nitrogens is 3. The van der Waals surface area contributed by atoms with Crippen LogP contribution in [0.25, 0.3) is 11.3 Å². The molecule has 7 nitrogen and oxygen atoms in total. The van der Waals surface area contributed by atoms with Crippen LogP contribution in [-0.2, 0) is 6.54 Å². The van der Waals surface area contributed by atoms with Gasteiger partial charge in [0.1, 0.15) is 11.5 Å². The van der Waals surface area contributed by atoms with Gasteiger partial charge < -0.3 is 15.1 Å². The van der Waals surface area contributed by atoms with Crippen molar-refractivity contribution in [2.24, 2.45) is 0 Å².